The minimum atomic E-state index is -0.605. The van der Waals surface area contributed by atoms with Crippen LogP contribution in [0.25, 0.3) is 0 Å². The third kappa shape index (κ3) is 6.07. The first-order valence-electron chi connectivity index (χ1n) is 9.13. The molecule has 2 amide bonds. The van der Waals surface area contributed by atoms with Gasteiger partial charge in [-0.05, 0) is 35.4 Å². The first-order chi connectivity index (χ1) is 15.3. The highest BCUT2D eigenvalue weighted by molar-refractivity contribution is 5.96. The molecular weight excluding hydrogens is 416 g/mol. The largest absolute Gasteiger partial charge is 0.508 e. The first-order valence-corrected chi connectivity index (χ1v) is 9.13. The lowest BCUT2D eigenvalue weighted by molar-refractivity contribution is 0.0946. The number of aromatic hydroxyl groups is 4. The molecule has 3 aromatic rings. The number of benzene rings is 3. The molecule has 0 aliphatic carbocycles. The van der Waals surface area contributed by atoms with Crippen molar-refractivity contribution in [2.75, 3.05) is 0 Å². The highest BCUT2D eigenvalue weighted by atomic mass is 16.3. The van der Waals surface area contributed by atoms with E-state index in [0.29, 0.717) is 11.1 Å². The summed E-state index contributed by atoms with van der Waals surface area (Å²) < 4.78 is 0. The molecule has 0 atom stereocenters. The topological polar surface area (TPSA) is 164 Å². The summed E-state index contributed by atoms with van der Waals surface area (Å²) in [6, 6.07) is 13.8. The van der Waals surface area contributed by atoms with Crippen molar-refractivity contribution < 1.29 is 30.0 Å². The second-order valence-corrected chi connectivity index (χ2v) is 6.54. The van der Waals surface area contributed by atoms with Gasteiger partial charge in [0.25, 0.3) is 11.8 Å². The fourth-order valence-electron chi connectivity index (χ4n) is 2.58. The number of nitrogens with one attached hydrogen (secondary N) is 2. The van der Waals surface area contributed by atoms with Crippen LogP contribution in [0.5, 0.6) is 23.0 Å². The van der Waals surface area contributed by atoms with Gasteiger partial charge in [0.05, 0.1) is 12.4 Å². The highest BCUT2D eigenvalue weighted by Gasteiger charge is 2.08. The molecule has 0 fully saturated rings. The zero-order valence-electron chi connectivity index (χ0n) is 16.4. The number of amides is 2. The Kier molecular flexibility index (Phi) is 6.66. The van der Waals surface area contributed by atoms with E-state index in [1.165, 1.54) is 36.7 Å². The zero-order chi connectivity index (χ0) is 23.1. The van der Waals surface area contributed by atoms with Crippen LogP contribution >= 0.6 is 0 Å². The third-order valence-corrected chi connectivity index (χ3v) is 4.03. The molecule has 0 saturated carbocycles. The predicted octanol–water partition coefficient (Wildman–Crippen LogP) is 2.04. The van der Waals surface area contributed by atoms with Crippen molar-refractivity contribution >= 4 is 24.2 Å². The van der Waals surface area contributed by atoms with Crippen molar-refractivity contribution in [2.24, 2.45) is 10.2 Å². The fourth-order valence-corrected chi connectivity index (χ4v) is 2.58. The van der Waals surface area contributed by atoms with Crippen molar-refractivity contribution in [1.82, 2.24) is 10.9 Å². The standard InChI is InChI=1S/C22H18N4O6/c27-17-5-15(6-18(28)9-17)21(31)25-23-11-13-1-2-14(4-3-13)12-24-26-22(32)16-7-19(29)10-20(30)8-16/h1-12,27-30H,(H,25,31)(H,26,32)/b23-11+,24-12+. The van der Waals surface area contributed by atoms with Crippen LogP contribution in [0.2, 0.25) is 0 Å². The summed E-state index contributed by atoms with van der Waals surface area (Å²) >= 11 is 0. The van der Waals surface area contributed by atoms with Crippen molar-refractivity contribution in [3.8, 4) is 23.0 Å². The van der Waals surface area contributed by atoms with Gasteiger partial charge < -0.3 is 20.4 Å². The summed E-state index contributed by atoms with van der Waals surface area (Å²) in [5.74, 6) is -2.18. The van der Waals surface area contributed by atoms with Crippen LogP contribution in [0.1, 0.15) is 31.8 Å². The maximum absolute atomic E-state index is 12.0. The molecule has 0 radical (unpaired) electrons. The molecule has 0 bridgehead atoms. The second kappa shape index (κ2) is 9.76. The Morgan fingerprint density at radius 1 is 0.594 bits per heavy atom. The normalized spacial score (nSPS) is 11.0. The zero-order valence-corrected chi connectivity index (χ0v) is 16.4. The average molecular weight is 434 g/mol. The van der Waals surface area contributed by atoms with Crippen molar-refractivity contribution in [2.45, 2.75) is 0 Å². The maximum Gasteiger partial charge on any atom is 0.271 e. The molecule has 0 aliphatic heterocycles. The Labute approximate surface area is 181 Å². The van der Waals surface area contributed by atoms with Gasteiger partial charge >= 0.3 is 0 Å². The van der Waals surface area contributed by atoms with Gasteiger partial charge in [0.1, 0.15) is 23.0 Å². The van der Waals surface area contributed by atoms with Crippen LogP contribution in [0.3, 0.4) is 0 Å². The predicted molar refractivity (Wildman–Crippen MR) is 116 cm³/mol. The van der Waals surface area contributed by atoms with Gasteiger partial charge in [-0.2, -0.15) is 10.2 Å². The van der Waals surface area contributed by atoms with Gasteiger partial charge in [-0.1, -0.05) is 24.3 Å². The number of hydrogen-bond donors (Lipinski definition) is 6. The molecule has 0 aromatic heterocycles. The van der Waals surface area contributed by atoms with Crippen LogP contribution < -0.4 is 10.9 Å². The quantitative estimate of drug-likeness (QED) is 0.257. The molecule has 162 valence electrons. The fraction of sp³-hybridized carbons (Fsp3) is 0. The van der Waals surface area contributed by atoms with Crippen LogP contribution in [0.4, 0.5) is 0 Å². The van der Waals surface area contributed by atoms with E-state index in [1.54, 1.807) is 24.3 Å². The SMILES string of the molecule is O=C(N/N=C/c1ccc(/C=N/NC(=O)c2cc(O)cc(O)c2)cc1)c1cc(O)cc(O)c1. The Hall–Kier alpha value is -4.86. The van der Waals surface area contributed by atoms with Crippen LogP contribution in [-0.4, -0.2) is 44.7 Å². The van der Waals surface area contributed by atoms with E-state index in [2.05, 4.69) is 21.1 Å². The van der Waals surface area contributed by atoms with Gasteiger partial charge in [-0.3, -0.25) is 9.59 Å². The molecule has 32 heavy (non-hydrogen) atoms. The molecule has 0 unspecified atom stereocenters. The lowest BCUT2D eigenvalue weighted by Crippen LogP contribution is -2.17. The maximum atomic E-state index is 12.0. The molecule has 0 spiro atoms. The smallest absolute Gasteiger partial charge is 0.271 e. The van der Waals surface area contributed by atoms with E-state index in [9.17, 15) is 30.0 Å². The molecule has 10 nitrogen and oxygen atoms in total. The number of carbonyl (C=O) groups is 2. The van der Waals surface area contributed by atoms with Crippen LogP contribution in [-0.2, 0) is 0 Å². The number of carbonyl (C=O) groups excluding carboxylic acids is 2. The molecule has 10 heteroatoms. The lowest BCUT2D eigenvalue weighted by Gasteiger charge is -2.02. The van der Waals surface area contributed by atoms with Crippen molar-refractivity contribution in [3.63, 3.8) is 0 Å². The van der Waals surface area contributed by atoms with E-state index in [1.807, 2.05) is 0 Å². The monoisotopic (exact) mass is 434 g/mol. The van der Waals surface area contributed by atoms with Gasteiger partial charge in [-0.15, -0.1) is 0 Å². The Morgan fingerprint density at radius 3 is 1.22 bits per heavy atom. The summed E-state index contributed by atoms with van der Waals surface area (Å²) in [5, 5.41) is 45.3. The molecule has 0 aliphatic rings. The first kappa shape index (κ1) is 21.8. The molecule has 3 aromatic carbocycles. The highest BCUT2D eigenvalue weighted by Crippen LogP contribution is 2.21. The van der Waals surface area contributed by atoms with Crippen molar-refractivity contribution in [3.05, 3.63) is 82.9 Å². The number of hydrazone groups is 2. The average Bonchev–Trinajstić information content (AvgIpc) is 2.73. The Bertz CT molecular complexity index is 1070. The molecular formula is C22H18N4O6. The summed E-state index contributed by atoms with van der Waals surface area (Å²) in [7, 11) is 0. The minimum Gasteiger partial charge on any atom is -0.508 e. The number of nitrogens with zero attached hydrogens (tertiary/aromatic N) is 2. The number of hydrogen-bond acceptors (Lipinski definition) is 8. The number of phenols is 4. The summed E-state index contributed by atoms with van der Waals surface area (Å²) in [6.07, 6.45) is 2.80. The lowest BCUT2D eigenvalue weighted by atomic mass is 10.2. The number of phenolic OH excluding ortho intramolecular Hbond substituents is 4. The summed E-state index contributed by atoms with van der Waals surface area (Å²) in [5.41, 5.74) is 6.01. The van der Waals surface area contributed by atoms with Gasteiger partial charge in [0.2, 0.25) is 0 Å². The van der Waals surface area contributed by atoms with Gasteiger partial charge in [0.15, 0.2) is 0 Å². The molecule has 0 heterocycles. The Morgan fingerprint density at radius 2 is 0.906 bits per heavy atom. The van der Waals surface area contributed by atoms with Gasteiger partial charge in [-0.25, -0.2) is 10.9 Å². The Balaban J connectivity index is 1.54. The summed E-state index contributed by atoms with van der Waals surface area (Å²) in [6.45, 7) is 0. The van der Waals surface area contributed by atoms with E-state index in [0.717, 1.165) is 12.1 Å². The van der Waals surface area contributed by atoms with E-state index in [4.69, 9.17) is 0 Å². The van der Waals surface area contributed by atoms with Crippen molar-refractivity contribution in [1.29, 1.82) is 0 Å². The molecule has 3 rings (SSSR count). The number of rotatable bonds is 6. The van der Waals surface area contributed by atoms with E-state index in [-0.39, 0.29) is 34.1 Å². The van der Waals surface area contributed by atoms with Gasteiger partial charge in [0, 0.05) is 23.3 Å². The van der Waals surface area contributed by atoms with Crippen LogP contribution in [0.15, 0.2) is 70.9 Å². The second-order valence-electron chi connectivity index (χ2n) is 6.54. The molecule has 0 saturated heterocycles. The molecule has 6 N–H and O–H groups in total. The third-order valence-electron chi connectivity index (χ3n) is 4.03. The van der Waals surface area contributed by atoms with E-state index >= 15 is 0 Å². The van der Waals surface area contributed by atoms with Crippen LogP contribution in [0, 0.1) is 0 Å². The minimum absolute atomic E-state index is 0.0502. The summed E-state index contributed by atoms with van der Waals surface area (Å²) in [4.78, 5) is 24.0. The van der Waals surface area contributed by atoms with E-state index < -0.39 is 11.8 Å².